The first kappa shape index (κ1) is 23.5. The van der Waals surface area contributed by atoms with Gasteiger partial charge in [0.15, 0.2) is 0 Å². The van der Waals surface area contributed by atoms with E-state index in [-0.39, 0.29) is 11.7 Å². The van der Waals surface area contributed by atoms with Crippen LogP contribution in [0.1, 0.15) is 56.7 Å². The molecule has 0 spiro atoms. The minimum absolute atomic E-state index is 0.169. The van der Waals surface area contributed by atoms with E-state index in [0.29, 0.717) is 16.8 Å². The fourth-order valence-corrected chi connectivity index (χ4v) is 4.68. The number of rotatable bonds is 3. The molecule has 8 heteroatoms. The van der Waals surface area contributed by atoms with Crippen molar-refractivity contribution in [2.24, 2.45) is 0 Å². The summed E-state index contributed by atoms with van der Waals surface area (Å²) in [5.74, 6) is 0.364. The summed E-state index contributed by atoms with van der Waals surface area (Å²) in [6.07, 6.45) is 5.62. The highest BCUT2D eigenvalue weighted by Gasteiger charge is 2.41. The van der Waals surface area contributed by atoms with Gasteiger partial charge in [-0.25, -0.2) is 4.79 Å². The van der Waals surface area contributed by atoms with E-state index in [0.717, 1.165) is 36.2 Å². The molecule has 0 atom stereocenters. The summed E-state index contributed by atoms with van der Waals surface area (Å²) in [6.45, 7) is 5.55. The van der Waals surface area contributed by atoms with Gasteiger partial charge in [-0.2, -0.15) is 0 Å². The van der Waals surface area contributed by atoms with Gasteiger partial charge in [-0.05, 0) is 63.8 Å². The third kappa shape index (κ3) is 4.30. The van der Waals surface area contributed by atoms with Crippen LogP contribution in [0.5, 0.6) is 0 Å². The fourth-order valence-electron chi connectivity index (χ4n) is 4.68. The molecule has 1 aliphatic heterocycles. The van der Waals surface area contributed by atoms with Crippen molar-refractivity contribution >= 4 is 34.8 Å². The molecule has 0 radical (unpaired) electrons. The van der Waals surface area contributed by atoms with Crippen molar-refractivity contribution in [2.75, 3.05) is 10.2 Å². The number of benzene rings is 2. The molecule has 5 rings (SSSR count). The maximum Gasteiger partial charge on any atom is 0.408 e. The lowest BCUT2D eigenvalue weighted by atomic mass is 9.72. The fraction of sp³-hybridized carbons (Fsp3) is 0.286. The number of aromatic nitrogens is 1. The average Bonchev–Trinajstić information content (AvgIpc) is 2.94. The number of nitrogens with zero attached hydrogens (tertiary/aromatic N) is 2. The molecule has 36 heavy (non-hydrogen) atoms. The Morgan fingerprint density at radius 2 is 1.81 bits per heavy atom. The van der Waals surface area contributed by atoms with Crippen molar-refractivity contribution in [3.8, 4) is 0 Å². The van der Waals surface area contributed by atoms with Gasteiger partial charge >= 0.3 is 6.09 Å². The van der Waals surface area contributed by atoms with Crippen LogP contribution in [-0.2, 0) is 10.3 Å². The summed E-state index contributed by atoms with van der Waals surface area (Å²) >= 11 is 0. The Labute approximate surface area is 210 Å². The molecule has 184 valence electrons. The number of hydrogen-bond acceptors (Lipinski definition) is 6. The van der Waals surface area contributed by atoms with E-state index in [1.165, 1.54) is 0 Å². The molecule has 4 N–H and O–H groups in total. The van der Waals surface area contributed by atoms with Gasteiger partial charge in [0, 0.05) is 23.0 Å². The molecule has 0 saturated heterocycles. The smallest absolute Gasteiger partial charge is 0.408 e. The third-order valence-electron chi connectivity index (χ3n) is 6.60. The highest BCUT2D eigenvalue weighted by atomic mass is 16.6. The van der Waals surface area contributed by atoms with Crippen LogP contribution in [0.25, 0.3) is 0 Å². The first-order valence-electron chi connectivity index (χ1n) is 12.1. The molecule has 1 saturated carbocycles. The number of alkyl carbamates (subject to hydrolysis) is 1. The molecule has 0 unspecified atom stereocenters. The molecule has 2 aromatic carbocycles. The molecule has 2 heterocycles. The third-order valence-corrected chi connectivity index (χ3v) is 6.60. The second kappa shape index (κ2) is 8.78. The van der Waals surface area contributed by atoms with Crippen molar-refractivity contribution in [3.63, 3.8) is 0 Å². The Morgan fingerprint density at radius 1 is 1.08 bits per heavy atom. The molecular formula is C28H30N6O2. The number of ether oxygens (including phenoxy) is 1. The molecular weight excluding hydrogens is 452 g/mol. The summed E-state index contributed by atoms with van der Waals surface area (Å²) < 4.78 is 5.49. The van der Waals surface area contributed by atoms with E-state index in [1.54, 1.807) is 17.3 Å². The predicted molar refractivity (Wildman–Crippen MR) is 141 cm³/mol. The molecule has 2 aliphatic rings. The average molecular weight is 483 g/mol. The number of nitrogens with one attached hydrogen (secondary N) is 4. The lowest BCUT2D eigenvalue weighted by Gasteiger charge is -2.43. The Bertz CT molecular complexity index is 1340. The SMILES string of the molecule is CC(C)(C)OC(=O)NC1(c2ccc(C(=N)N3C(=N)c4ccccc4Nc4ccncc43)cc2)CCC1. The second-order valence-corrected chi connectivity index (χ2v) is 10.2. The van der Waals surface area contributed by atoms with Gasteiger partial charge in [0.1, 0.15) is 17.3 Å². The molecule has 1 aliphatic carbocycles. The van der Waals surface area contributed by atoms with Crippen LogP contribution >= 0.6 is 0 Å². The van der Waals surface area contributed by atoms with Crippen LogP contribution in [0.3, 0.4) is 0 Å². The molecule has 1 fully saturated rings. The normalized spacial score (nSPS) is 16.0. The van der Waals surface area contributed by atoms with Gasteiger partial charge in [-0.15, -0.1) is 0 Å². The standard InChI is InChI=1S/C28H30N6O2/c1-27(2,3)36-26(35)33-28(14-6-15-28)19-11-9-18(10-12-19)24(29)34-23-17-31-16-13-22(23)32-21-8-5-4-7-20(21)25(34)30/h4-5,7-13,16-17,29-30,32H,6,14-15H2,1-3H3,(H,33,35). The highest BCUT2D eigenvalue weighted by molar-refractivity contribution is 6.30. The van der Waals surface area contributed by atoms with Crippen molar-refractivity contribution in [2.45, 2.75) is 51.2 Å². The minimum Gasteiger partial charge on any atom is -0.444 e. The van der Waals surface area contributed by atoms with Crippen molar-refractivity contribution < 1.29 is 9.53 Å². The first-order valence-corrected chi connectivity index (χ1v) is 12.1. The van der Waals surface area contributed by atoms with Crippen molar-refractivity contribution in [1.82, 2.24) is 10.3 Å². The van der Waals surface area contributed by atoms with E-state index >= 15 is 0 Å². The number of fused-ring (bicyclic) bond motifs is 2. The van der Waals surface area contributed by atoms with Crippen LogP contribution in [0.2, 0.25) is 0 Å². The number of amidine groups is 2. The summed E-state index contributed by atoms with van der Waals surface area (Å²) in [7, 11) is 0. The topological polar surface area (TPSA) is 114 Å². The molecule has 1 amide bonds. The number of carbonyl (C=O) groups excluding carboxylic acids is 1. The zero-order valence-corrected chi connectivity index (χ0v) is 20.7. The lowest BCUT2D eigenvalue weighted by Crippen LogP contribution is -2.52. The van der Waals surface area contributed by atoms with Crippen LogP contribution in [0.15, 0.2) is 67.0 Å². The first-order chi connectivity index (χ1) is 17.2. The Morgan fingerprint density at radius 3 is 2.47 bits per heavy atom. The maximum absolute atomic E-state index is 12.5. The van der Waals surface area contributed by atoms with E-state index < -0.39 is 17.2 Å². The molecule has 3 aromatic rings. The van der Waals surface area contributed by atoms with Crippen molar-refractivity contribution in [1.29, 1.82) is 10.8 Å². The summed E-state index contributed by atoms with van der Waals surface area (Å²) in [6, 6.07) is 17.1. The summed E-state index contributed by atoms with van der Waals surface area (Å²) in [5, 5.41) is 24.5. The molecule has 1 aromatic heterocycles. The largest absolute Gasteiger partial charge is 0.444 e. The highest BCUT2D eigenvalue weighted by Crippen LogP contribution is 2.42. The zero-order chi connectivity index (χ0) is 25.5. The van der Waals surface area contributed by atoms with Gasteiger partial charge in [0.2, 0.25) is 0 Å². The van der Waals surface area contributed by atoms with E-state index in [9.17, 15) is 4.79 Å². The quantitative estimate of drug-likeness (QED) is 0.274. The van der Waals surface area contributed by atoms with Crippen LogP contribution in [-0.4, -0.2) is 28.3 Å². The number of pyridine rings is 1. The van der Waals surface area contributed by atoms with Gasteiger partial charge in [0.05, 0.1) is 23.1 Å². The van der Waals surface area contributed by atoms with Gasteiger partial charge in [-0.1, -0.05) is 36.4 Å². The Hall–Kier alpha value is -4.20. The zero-order valence-electron chi connectivity index (χ0n) is 20.7. The number of hydrogen-bond donors (Lipinski definition) is 4. The predicted octanol–water partition coefficient (Wildman–Crippen LogP) is 5.90. The maximum atomic E-state index is 12.5. The van der Waals surface area contributed by atoms with E-state index in [4.69, 9.17) is 15.6 Å². The number of amides is 1. The molecule has 8 nitrogen and oxygen atoms in total. The summed E-state index contributed by atoms with van der Waals surface area (Å²) in [4.78, 5) is 18.4. The summed E-state index contributed by atoms with van der Waals surface area (Å²) in [5.41, 5.74) is 3.53. The van der Waals surface area contributed by atoms with Crippen molar-refractivity contribution in [3.05, 3.63) is 83.7 Å². The monoisotopic (exact) mass is 482 g/mol. The van der Waals surface area contributed by atoms with Crippen LogP contribution < -0.4 is 15.5 Å². The van der Waals surface area contributed by atoms with Gasteiger partial charge in [-0.3, -0.25) is 20.7 Å². The van der Waals surface area contributed by atoms with Gasteiger partial charge in [0.25, 0.3) is 0 Å². The van der Waals surface area contributed by atoms with E-state index in [1.807, 2.05) is 75.4 Å². The Kier molecular flexibility index (Phi) is 5.74. The number of carbonyl (C=O) groups is 1. The number of anilines is 3. The minimum atomic E-state index is -0.565. The van der Waals surface area contributed by atoms with Crippen LogP contribution in [0.4, 0.5) is 21.9 Å². The van der Waals surface area contributed by atoms with Crippen LogP contribution in [0, 0.1) is 10.8 Å². The van der Waals surface area contributed by atoms with Gasteiger partial charge < -0.3 is 15.4 Å². The number of para-hydroxylation sites is 1. The second-order valence-electron chi connectivity index (χ2n) is 10.2. The Balaban J connectivity index is 1.44. The lowest BCUT2D eigenvalue weighted by molar-refractivity contribution is 0.0377. The van der Waals surface area contributed by atoms with E-state index in [2.05, 4.69) is 15.6 Å². The molecule has 0 bridgehead atoms.